The molecular weight excluding hydrogens is 985 g/mol. The van der Waals surface area contributed by atoms with Gasteiger partial charge >= 0.3 is 17.9 Å². The normalized spacial score (nSPS) is 13.1. The van der Waals surface area contributed by atoms with Gasteiger partial charge in [-0.25, -0.2) is 0 Å². The Morgan fingerprint density at radius 3 is 0.775 bits per heavy atom. The van der Waals surface area contributed by atoms with Crippen LogP contribution in [0.25, 0.3) is 0 Å². The average molecular weight is 1110 g/mol. The lowest BCUT2D eigenvalue weighted by Crippen LogP contribution is -2.30. The zero-order valence-corrected chi connectivity index (χ0v) is 51.8. The summed E-state index contributed by atoms with van der Waals surface area (Å²) in [5.74, 6) is -0.942. The number of esters is 3. The van der Waals surface area contributed by atoms with Gasteiger partial charge in [0.05, 0.1) is 0 Å². The third-order valence-corrected chi connectivity index (χ3v) is 13.6. The molecule has 0 aliphatic rings. The highest BCUT2D eigenvalue weighted by Crippen LogP contribution is 2.15. The Labute approximate surface area is 493 Å². The summed E-state index contributed by atoms with van der Waals surface area (Å²) < 4.78 is 16.9. The molecule has 0 saturated heterocycles. The second-order valence-electron chi connectivity index (χ2n) is 21.3. The van der Waals surface area contributed by atoms with Crippen molar-refractivity contribution in [3.05, 3.63) is 146 Å². The second kappa shape index (κ2) is 66.8. The molecule has 0 aliphatic heterocycles. The van der Waals surface area contributed by atoms with Crippen molar-refractivity contribution < 1.29 is 28.6 Å². The molecule has 0 spiro atoms. The maximum Gasteiger partial charge on any atom is 0.306 e. The van der Waals surface area contributed by atoms with Crippen molar-refractivity contribution in [2.45, 2.75) is 290 Å². The van der Waals surface area contributed by atoms with Crippen molar-refractivity contribution >= 4 is 17.9 Å². The molecule has 0 radical (unpaired) electrons. The summed E-state index contributed by atoms with van der Waals surface area (Å²) in [6.45, 7) is 6.33. The van der Waals surface area contributed by atoms with E-state index < -0.39 is 6.10 Å². The molecule has 0 bridgehead atoms. The Morgan fingerprint density at radius 1 is 0.263 bits per heavy atom. The van der Waals surface area contributed by atoms with Crippen LogP contribution >= 0.6 is 0 Å². The standard InChI is InChI=1S/C74H120O6/c1-4-7-10-13-16-19-22-25-27-28-29-30-31-32-33-34-35-36-37-38-39-40-41-42-43-44-45-46-47-50-52-55-58-61-64-67-73(76)79-70-71(69-78-72(75)66-63-60-57-54-51-48-24-21-18-15-12-9-6-3)80-74(77)68-65-62-59-56-53-49-26-23-20-17-14-11-8-5-2/h7,9-10,12,14,16-19,21,23,25-27,29-30,32-33,35-36,38-39,48,51,71H,4-6,8,11,13,15,20,22,24,28,31,34,37,40-47,49-50,52-70H2,1-3H3/b10-7-,12-9-,17-14-,19-16-,21-18-,26-23-,27-25-,30-29-,33-32-,36-35-,39-38-,51-48-. The Kier molecular flexibility index (Phi) is 62.9. The van der Waals surface area contributed by atoms with E-state index in [1.54, 1.807) is 0 Å². The largest absolute Gasteiger partial charge is 0.462 e. The Bertz CT molecular complexity index is 1750. The smallest absolute Gasteiger partial charge is 0.306 e. The van der Waals surface area contributed by atoms with Crippen LogP contribution in [0.3, 0.4) is 0 Å². The molecule has 6 heteroatoms. The quantitative estimate of drug-likeness (QED) is 0.0261. The number of hydrogen-bond donors (Lipinski definition) is 0. The number of unbranched alkanes of at least 4 members (excludes halogenated alkanes) is 23. The maximum absolute atomic E-state index is 12.9. The summed E-state index contributed by atoms with van der Waals surface area (Å²) in [5.41, 5.74) is 0. The van der Waals surface area contributed by atoms with Crippen LogP contribution < -0.4 is 0 Å². The molecule has 452 valence electrons. The molecule has 1 unspecified atom stereocenters. The van der Waals surface area contributed by atoms with Crippen LogP contribution in [0.2, 0.25) is 0 Å². The van der Waals surface area contributed by atoms with Crippen molar-refractivity contribution in [1.82, 2.24) is 0 Å². The van der Waals surface area contributed by atoms with Gasteiger partial charge in [-0.3, -0.25) is 14.4 Å². The molecule has 0 fully saturated rings. The van der Waals surface area contributed by atoms with Crippen LogP contribution in [0.15, 0.2) is 146 Å². The summed E-state index contributed by atoms with van der Waals surface area (Å²) >= 11 is 0. The summed E-state index contributed by atoms with van der Waals surface area (Å²) in [7, 11) is 0. The highest BCUT2D eigenvalue weighted by atomic mass is 16.6. The molecule has 0 amide bonds. The first-order valence-electron chi connectivity index (χ1n) is 32.8. The Hall–Kier alpha value is -4.71. The van der Waals surface area contributed by atoms with Gasteiger partial charge in [0, 0.05) is 19.3 Å². The molecule has 6 nitrogen and oxygen atoms in total. The van der Waals surface area contributed by atoms with Gasteiger partial charge in [0.2, 0.25) is 0 Å². The third-order valence-electron chi connectivity index (χ3n) is 13.6. The number of rotatable bonds is 58. The molecule has 0 aromatic heterocycles. The van der Waals surface area contributed by atoms with Gasteiger partial charge in [-0.05, 0) is 135 Å². The molecular formula is C74H120O6. The van der Waals surface area contributed by atoms with Crippen LogP contribution in [0.4, 0.5) is 0 Å². The maximum atomic E-state index is 12.9. The number of ether oxygens (including phenoxy) is 3. The topological polar surface area (TPSA) is 78.9 Å². The van der Waals surface area contributed by atoms with Crippen molar-refractivity contribution in [1.29, 1.82) is 0 Å². The van der Waals surface area contributed by atoms with Crippen molar-refractivity contribution in [2.24, 2.45) is 0 Å². The lowest BCUT2D eigenvalue weighted by atomic mass is 10.0. The zero-order valence-electron chi connectivity index (χ0n) is 51.8. The Morgan fingerprint density at radius 2 is 0.487 bits per heavy atom. The summed E-state index contributed by atoms with van der Waals surface area (Å²) in [4.78, 5) is 38.2. The Balaban J connectivity index is 4.20. The minimum absolute atomic E-state index is 0.0967. The summed E-state index contributed by atoms with van der Waals surface area (Å²) in [6.07, 6.45) is 95.9. The molecule has 1 atom stereocenters. The fourth-order valence-corrected chi connectivity index (χ4v) is 8.69. The fraction of sp³-hybridized carbons (Fsp3) is 0.635. The van der Waals surface area contributed by atoms with Gasteiger partial charge < -0.3 is 14.2 Å². The van der Waals surface area contributed by atoms with Gasteiger partial charge in [0.25, 0.3) is 0 Å². The molecule has 0 aromatic carbocycles. The van der Waals surface area contributed by atoms with Gasteiger partial charge in [0.1, 0.15) is 13.2 Å². The van der Waals surface area contributed by atoms with E-state index in [1.807, 2.05) is 0 Å². The average Bonchev–Trinajstić information content (AvgIpc) is 3.46. The molecule has 0 heterocycles. The second-order valence-corrected chi connectivity index (χ2v) is 21.3. The fourth-order valence-electron chi connectivity index (χ4n) is 8.69. The van der Waals surface area contributed by atoms with Crippen LogP contribution in [0, 0.1) is 0 Å². The van der Waals surface area contributed by atoms with Gasteiger partial charge in [-0.15, -0.1) is 0 Å². The van der Waals surface area contributed by atoms with E-state index in [0.29, 0.717) is 19.3 Å². The van der Waals surface area contributed by atoms with Crippen molar-refractivity contribution in [3.63, 3.8) is 0 Å². The van der Waals surface area contributed by atoms with Crippen LogP contribution in [0.1, 0.15) is 284 Å². The van der Waals surface area contributed by atoms with Crippen LogP contribution in [0.5, 0.6) is 0 Å². The minimum atomic E-state index is -0.802. The summed E-state index contributed by atoms with van der Waals surface area (Å²) in [6, 6.07) is 0. The van der Waals surface area contributed by atoms with E-state index in [4.69, 9.17) is 14.2 Å². The van der Waals surface area contributed by atoms with E-state index in [0.717, 1.165) is 154 Å². The number of carbonyl (C=O) groups excluding carboxylic acids is 3. The first-order valence-corrected chi connectivity index (χ1v) is 32.8. The van der Waals surface area contributed by atoms with Crippen molar-refractivity contribution in [2.75, 3.05) is 13.2 Å². The molecule has 80 heavy (non-hydrogen) atoms. The highest BCUT2D eigenvalue weighted by Gasteiger charge is 2.19. The predicted molar refractivity (Wildman–Crippen MR) is 348 cm³/mol. The van der Waals surface area contributed by atoms with E-state index >= 15 is 0 Å². The van der Waals surface area contributed by atoms with Crippen molar-refractivity contribution in [3.8, 4) is 0 Å². The van der Waals surface area contributed by atoms with Gasteiger partial charge in [-0.2, -0.15) is 0 Å². The van der Waals surface area contributed by atoms with E-state index in [1.165, 1.54) is 89.9 Å². The van der Waals surface area contributed by atoms with Crippen LogP contribution in [-0.2, 0) is 28.6 Å². The first kappa shape index (κ1) is 75.3. The predicted octanol–water partition coefficient (Wildman–Crippen LogP) is 22.7. The van der Waals surface area contributed by atoms with Crippen LogP contribution in [-0.4, -0.2) is 37.2 Å². The molecule has 0 aliphatic carbocycles. The van der Waals surface area contributed by atoms with E-state index in [2.05, 4.69) is 167 Å². The van der Waals surface area contributed by atoms with Gasteiger partial charge in [-0.1, -0.05) is 276 Å². The number of hydrogen-bond acceptors (Lipinski definition) is 6. The minimum Gasteiger partial charge on any atom is -0.462 e. The van der Waals surface area contributed by atoms with E-state index in [-0.39, 0.29) is 31.1 Å². The zero-order chi connectivity index (χ0) is 57.8. The number of allylic oxidation sites excluding steroid dienone is 24. The molecule has 0 aromatic rings. The van der Waals surface area contributed by atoms with E-state index in [9.17, 15) is 14.4 Å². The molecule has 0 rings (SSSR count). The third kappa shape index (κ3) is 64.1. The SMILES string of the molecule is CC/C=C\C/C=C\C/C=C\C/C=C\C/C=C\C/C=C\C/C=C\CCCCCCCCCCCCCCCC(=O)OCC(COC(=O)CCCCC/C=C\C/C=C\C/C=C\CC)OC(=O)CCCCCCC/C=C\C/C=C\CCCC. The number of carbonyl (C=O) groups is 3. The lowest BCUT2D eigenvalue weighted by Gasteiger charge is -2.18. The molecule has 0 N–H and O–H groups in total. The van der Waals surface area contributed by atoms with Gasteiger partial charge in [0.15, 0.2) is 6.10 Å². The lowest BCUT2D eigenvalue weighted by molar-refractivity contribution is -0.167. The molecule has 0 saturated carbocycles. The first-order chi connectivity index (χ1) is 39.5. The summed E-state index contributed by atoms with van der Waals surface area (Å²) in [5, 5.41) is 0. The highest BCUT2D eigenvalue weighted by molar-refractivity contribution is 5.71. The monoisotopic (exact) mass is 1100 g/mol.